The maximum atomic E-state index is 10.9. The molecule has 2 atom stereocenters. The summed E-state index contributed by atoms with van der Waals surface area (Å²) in [5, 5.41) is 11.6. The standard InChI is InChI=1S/C23H31NOS/c1-24(2)17-22(25)23(18-9-5-3-6-10-18)19-13-15-21(16-14-19)26-20-11-7-4-8-12-20/h3,5-6,9-10,13-16,20,22-23,25H,4,7-8,11-12,17H2,1-2H3. The largest absolute Gasteiger partial charge is 0.391 e. The summed E-state index contributed by atoms with van der Waals surface area (Å²) in [5.41, 5.74) is 2.37. The van der Waals surface area contributed by atoms with Gasteiger partial charge in [0.25, 0.3) is 0 Å². The number of likely N-dealkylation sites (N-methyl/N-ethyl adjacent to an activating group) is 1. The molecular formula is C23H31NOS. The first-order valence-electron chi connectivity index (χ1n) is 9.78. The van der Waals surface area contributed by atoms with E-state index in [0.29, 0.717) is 6.54 Å². The molecule has 2 aromatic carbocycles. The van der Waals surface area contributed by atoms with Crippen LogP contribution in [-0.4, -0.2) is 42.0 Å². The number of thioether (sulfide) groups is 1. The van der Waals surface area contributed by atoms with Crippen LogP contribution in [0.3, 0.4) is 0 Å². The Morgan fingerprint density at radius 1 is 0.923 bits per heavy atom. The first-order chi connectivity index (χ1) is 12.6. The molecule has 2 unspecified atom stereocenters. The molecule has 2 nitrogen and oxygen atoms in total. The molecule has 0 heterocycles. The van der Waals surface area contributed by atoms with Crippen LogP contribution in [0.15, 0.2) is 59.5 Å². The topological polar surface area (TPSA) is 23.5 Å². The van der Waals surface area contributed by atoms with E-state index in [0.717, 1.165) is 5.25 Å². The number of hydrogen-bond donors (Lipinski definition) is 1. The fourth-order valence-electron chi connectivity index (χ4n) is 3.91. The van der Waals surface area contributed by atoms with E-state index in [9.17, 15) is 5.11 Å². The monoisotopic (exact) mass is 369 g/mol. The molecule has 0 amide bonds. The molecule has 0 bridgehead atoms. The van der Waals surface area contributed by atoms with Gasteiger partial charge in [0.2, 0.25) is 0 Å². The lowest BCUT2D eigenvalue weighted by molar-refractivity contribution is 0.121. The van der Waals surface area contributed by atoms with Gasteiger partial charge in [0.15, 0.2) is 0 Å². The number of aliphatic hydroxyl groups excluding tert-OH is 1. The Labute approximate surface area is 162 Å². The van der Waals surface area contributed by atoms with Gasteiger partial charge >= 0.3 is 0 Å². The van der Waals surface area contributed by atoms with Crippen molar-refractivity contribution in [3.8, 4) is 0 Å². The highest BCUT2D eigenvalue weighted by atomic mass is 32.2. The summed E-state index contributed by atoms with van der Waals surface area (Å²) in [6, 6.07) is 19.3. The third-order valence-electron chi connectivity index (χ3n) is 5.19. The van der Waals surface area contributed by atoms with E-state index in [1.165, 1.54) is 48.1 Å². The second-order valence-corrected chi connectivity index (χ2v) is 9.04. The summed E-state index contributed by atoms with van der Waals surface area (Å²) < 4.78 is 0. The van der Waals surface area contributed by atoms with Crippen LogP contribution < -0.4 is 0 Å². The molecule has 1 saturated carbocycles. The maximum Gasteiger partial charge on any atom is 0.0775 e. The highest BCUT2D eigenvalue weighted by Gasteiger charge is 2.24. The van der Waals surface area contributed by atoms with E-state index >= 15 is 0 Å². The number of aliphatic hydroxyl groups is 1. The zero-order valence-corrected chi connectivity index (χ0v) is 16.8. The fourth-order valence-corrected chi connectivity index (χ4v) is 5.15. The molecule has 0 radical (unpaired) electrons. The van der Waals surface area contributed by atoms with E-state index in [1.807, 2.05) is 36.8 Å². The first kappa shape index (κ1) is 19.5. The van der Waals surface area contributed by atoms with Gasteiger partial charge in [0, 0.05) is 22.6 Å². The highest BCUT2D eigenvalue weighted by Crippen LogP contribution is 2.35. The minimum Gasteiger partial charge on any atom is -0.391 e. The zero-order chi connectivity index (χ0) is 18.4. The third-order valence-corrected chi connectivity index (χ3v) is 6.54. The number of nitrogens with zero attached hydrogens (tertiary/aromatic N) is 1. The summed E-state index contributed by atoms with van der Waals surface area (Å²) in [7, 11) is 4.02. The Morgan fingerprint density at radius 2 is 1.54 bits per heavy atom. The van der Waals surface area contributed by atoms with Crippen molar-refractivity contribution in [3.05, 3.63) is 65.7 Å². The molecule has 0 aliphatic heterocycles. The number of rotatable bonds is 7. The van der Waals surface area contributed by atoms with E-state index in [1.54, 1.807) is 0 Å². The Balaban J connectivity index is 1.77. The lowest BCUT2D eigenvalue weighted by Crippen LogP contribution is -2.31. The molecule has 2 aromatic rings. The van der Waals surface area contributed by atoms with Crippen LogP contribution in [0.4, 0.5) is 0 Å². The SMILES string of the molecule is CN(C)CC(O)C(c1ccccc1)c1ccc(SC2CCCCC2)cc1. The molecule has 0 saturated heterocycles. The molecule has 140 valence electrons. The van der Waals surface area contributed by atoms with E-state index < -0.39 is 6.10 Å². The highest BCUT2D eigenvalue weighted by molar-refractivity contribution is 8.00. The summed E-state index contributed by atoms with van der Waals surface area (Å²) in [5.74, 6) is 0.00679. The lowest BCUT2D eigenvalue weighted by Gasteiger charge is -2.27. The Kier molecular flexibility index (Phi) is 7.18. The molecule has 26 heavy (non-hydrogen) atoms. The number of hydrogen-bond acceptors (Lipinski definition) is 3. The predicted octanol–water partition coefficient (Wildman–Crippen LogP) is 5.17. The van der Waals surface area contributed by atoms with Gasteiger partial charge in [-0.25, -0.2) is 0 Å². The van der Waals surface area contributed by atoms with Crippen LogP contribution >= 0.6 is 11.8 Å². The number of benzene rings is 2. The van der Waals surface area contributed by atoms with Crippen molar-refractivity contribution in [1.82, 2.24) is 4.90 Å². The predicted molar refractivity (Wildman–Crippen MR) is 112 cm³/mol. The minimum absolute atomic E-state index is 0.00679. The average molecular weight is 370 g/mol. The van der Waals surface area contributed by atoms with Crippen LogP contribution in [0.2, 0.25) is 0 Å². The fraction of sp³-hybridized carbons (Fsp3) is 0.478. The molecule has 3 rings (SSSR count). The van der Waals surface area contributed by atoms with Gasteiger partial charge in [-0.2, -0.15) is 0 Å². The van der Waals surface area contributed by atoms with Crippen molar-refractivity contribution in [3.63, 3.8) is 0 Å². The van der Waals surface area contributed by atoms with Crippen LogP contribution in [-0.2, 0) is 0 Å². The van der Waals surface area contributed by atoms with Crippen LogP contribution in [0.1, 0.15) is 49.1 Å². The first-order valence-corrected chi connectivity index (χ1v) is 10.7. The molecule has 1 fully saturated rings. The second-order valence-electron chi connectivity index (χ2n) is 7.66. The van der Waals surface area contributed by atoms with Gasteiger partial charge < -0.3 is 10.0 Å². The van der Waals surface area contributed by atoms with Gasteiger partial charge in [-0.15, -0.1) is 11.8 Å². The third kappa shape index (κ3) is 5.35. The molecule has 3 heteroatoms. The Hall–Kier alpha value is -1.29. The van der Waals surface area contributed by atoms with Gasteiger partial charge in [-0.3, -0.25) is 0 Å². The molecule has 1 N–H and O–H groups in total. The van der Waals surface area contributed by atoms with Crippen molar-refractivity contribution in [2.45, 2.75) is 54.3 Å². The van der Waals surface area contributed by atoms with Crippen molar-refractivity contribution >= 4 is 11.8 Å². The van der Waals surface area contributed by atoms with Gasteiger partial charge in [-0.1, -0.05) is 61.7 Å². The average Bonchev–Trinajstić information content (AvgIpc) is 2.64. The molecule has 1 aliphatic carbocycles. The van der Waals surface area contributed by atoms with Gasteiger partial charge in [0.1, 0.15) is 0 Å². The second kappa shape index (κ2) is 9.59. The van der Waals surface area contributed by atoms with Crippen molar-refractivity contribution in [2.75, 3.05) is 20.6 Å². The van der Waals surface area contributed by atoms with Crippen LogP contribution in [0.5, 0.6) is 0 Å². The summed E-state index contributed by atoms with van der Waals surface area (Å²) in [6.45, 7) is 0.651. The van der Waals surface area contributed by atoms with Gasteiger partial charge in [0.05, 0.1) is 6.10 Å². The zero-order valence-electron chi connectivity index (χ0n) is 16.0. The van der Waals surface area contributed by atoms with Crippen LogP contribution in [0.25, 0.3) is 0 Å². The normalized spacial score (nSPS) is 18.0. The molecule has 0 spiro atoms. The summed E-state index contributed by atoms with van der Waals surface area (Å²) >= 11 is 2.03. The Bertz CT molecular complexity index is 650. The quantitative estimate of drug-likeness (QED) is 0.729. The van der Waals surface area contributed by atoms with Crippen molar-refractivity contribution in [2.24, 2.45) is 0 Å². The van der Waals surface area contributed by atoms with Crippen molar-refractivity contribution < 1.29 is 5.11 Å². The van der Waals surface area contributed by atoms with E-state index in [-0.39, 0.29) is 5.92 Å². The lowest BCUT2D eigenvalue weighted by atomic mass is 9.86. The molecular weight excluding hydrogens is 338 g/mol. The Morgan fingerprint density at radius 3 is 2.15 bits per heavy atom. The van der Waals surface area contributed by atoms with E-state index in [2.05, 4.69) is 48.5 Å². The maximum absolute atomic E-state index is 10.9. The summed E-state index contributed by atoms with van der Waals surface area (Å²) in [4.78, 5) is 3.41. The smallest absolute Gasteiger partial charge is 0.0775 e. The molecule has 0 aromatic heterocycles. The van der Waals surface area contributed by atoms with E-state index in [4.69, 9.17) is 0 Å². The summed E-state index contributed by atoms with van der Waals surface area (Å²) in [6.07, 6.45) is 6.43. The van der Waals surface area contributed by atoms with Gasteiger partial charge in [-0.05, 0) is 50.2 Å². The minimum atomic E-state index is -0.427. The van der Waals surface area contributed by atoms with Crippen molar-refractivity contribution in [1.29, 1.82) is 0 Å². The van der Waals surface area contributed by atoms with Crippen LogP contribution in [0, 0.1) is 0 Å². The molecule has 1 aliphatic rings.